The number of hydrogen-bond donors (Lipinski definition) is 0. The first-order valence-corrected chi connectivity index (χ1v) is 13.9. The molecule has 0 aliphatic carbocycles. The van der Waals surface area contributed by atoms with Crippen LogP contribution in [0.4, 0.5) is 0 Å². The molecule has 0 fully saturated rings. The van der Waals surface area contributed by atoms with Gasteiger partial charge in [0.1, 0.15) is 7.22 Å². The summed E-state index contributed by atoms with van der Waals surface area (Å²) in [6.07, 6.45) is 2.46. The Labute approximate surface area is 95.8 Å². The summed E-state index contributed by atoms with van der Waals surface area (Å²) in [4.78, 5) is 0. The zero-order chi connectivity index (χ0) is 11.2. The number of rotatable bonds is 7. The van der Waals surface area contributed by atoms with Gasteiger partial charge in [-0.2, -0.15) is 11.2 Å². The van der Waals surface area contributed by atoms with E-state index in [1.54, 1.807) is 0 Å². The van der Waals surface area contributed by atoms with Gasteiger partial charge in [-0.05, 0) is 19.5 Å². The second-order valence-electron chi connectivity index (χ2n) is 5.36. The summed E-state index contributed by atoms with van der Waals surface area (Å²) in [6.45, 7) is 15.1. The SMILES string of the molecule is CCCCO[Si](C)(C)CS[Si](C)(C)C. The van der Waals surface area contributed by atoms with Crippen LogP contribution in [-0.4, -0.2) is 27.5 Å². The lowest BCUT2D eigenvalue weighted by atomic mass is 10.4. The van der Waals surface area contributed by atoms with Crippen molar-refractivity contribution in [3.63, 3.8) is 0 Å². The predicted molar refractivity (Wildman–Crippen MR) is 74.1 cm³/mol. The molecule has 0 aliphatic heterocycles. The fourth-order valence-corrected chi connectivity index (χ4v) is 12.1. The Morgan fingerprint density at radius 1 is 1.07 bits per heavy atom. The second kappa shape index (κ2) is 6.35. The van der Waals surface area contributed by atoms with Crippen molar-refractivity contribution < 1.29 is 4.43 Å². The Bertz CT molecular complexity index is 155. The van der Waals surface area contributed by atoms with Crippen molar-refractivity contribution in [2.75, 3.05) is 12.0 Å². The van der Waals surface area contributed by atoms with Gasteiger partial charge in [0.2, 0.25) is 0 Å². The van der Waals surface area contributed by atoms with Crippen LogP contribution < -0.4 is 0 Å². The molecule has 0 amide bonds. The maximum absolute atomic E-state index is 6.01. The van der Waals surface area contributed by atoms with Crippen molar-refractivity contribution in [1.82, 2.24) is 0 Å². The molecule has 0 heterocycles. The highest BCUT2D eigenvalue weighted by atomic mass is 32.4. The number of hydrogen-bond acceptors (Lipinski definition) is 2. The maximum atomic E-state index is 6.01. The quantitative estimate of drug-likeness (QED) is 0.497. The highest BCUT2D eigenvalue weighted by molar-refractivity contribution is 8.29. The smallest absolute Gasteiger partial charge is 0.195 e. The third-order valence-electron chi connectivity index (χ3n) is 1.84. The van der Waals surface area contributed by atoms with Crippen LogP contribution in [0.5, 0.6) is 0 Å². The van der Waals surface area contributed by atoms with Gasteiger partial charge < -0.3 is 4.43 Å². The molecule has 0 saturated heterocycles. The van der Waals surface area contributed by atoms with E-state index in [1.165, 1.54) is 18.2 Å². The highest BCUT2D eigenvalue weighted by Gasteiger charge is 2.26. The zero-order valence-corrected chi connectivity index (χ0v) is 13.5. The topological polar surface area (TPSA) is 9.23 Å². The van der Waals surface area contributed by atoms with E-state index in [-0.39, 0.29) is 0 Å². The van der Waals surface area contributed by atoms with Gasteiger partial charge in [-0.3, -0.25) is 0 Å². The van der Waals surface area contributed by atoms with E-state index in [0.29, 0.717) is 0 Å². The van der Waals surface area contributed by atoms with E-state index in [2.05, 4.69) is 50.9 Å². The molecule has 0 rings (SSSR count). The monoisotopic (exact) mass is 250 g/mol. The number of unbranched alkanes of at least 4 members (excludes halogenated alkanes) is 1. The molecule has 0 radical (unpaired) electrons. The minimum atomic E-state index is -1.35. The van der Waals surface area contributed by atoms with Crippen LogP contribution in [0, 0.1) is 0 Å². The lowest BCUT2D eigenvalue weighted by Crippen LogP contribution is -2.37. The first-order valence-electron chi connectivity index (χ1n) is 5.55. The summed E-state index contributed by atoms with van der Waals surface area (Å²) in [5.74, 6) is 0. The fourth-order valence-electron chi connectivity index (χ4n) is 0.925. The Morgan fingerprint density at radius 3 is 2.07 bits per heavy atom. The third kappa shape index (κ3) is 9.30. The summed E-state index contributed by atoms with van der Waals surface area (Å²) in [5.41, 5.74) is 0. The molecular weight excluding hydrogens is 224 g/mol. The standard InChI is InChI=1S/C10H26OSSi2/c1-7-8-9-11-14(5,6)10-12-13(2,3)4/h7-10H2,1-6H3. The van der Waals surface area contributed by atoms with E-state index in [0.717, 1.165) is 6.61 Å². The van der Waals surface area contributed by atoms with E-state index in [9.17, 15) is 0 Å². The lowest BCUT2D eigenvalue weighted by Gasteiger charge is -2.26. The molecule has 4 heteroatoms. The Hall–Kier alpha value is 0.744. The minimum absolute atomic E-state index is 0.943. The van der Waals surface area contributed by atoms with Crippen LogP contribution in [0.25, 0.3) is 0 Å². The lowest BCUT2D eigenvalue weighted by molar-refractivity contribution is 0.302. The fraction of sp³-hybridized carbons (Fsp3) is 1.00. The molecule has 0 unspecified atom stereocenters. The first-order chi connectivity index (χ1) is 6.27. The Morgan fingerprint density at radius 2 is 1.64 bits per heavy atom. The van der Waals surface area contributed by atoms with Crippen LogP contribution in [0.3, 0.4) is 0 Å². The molecule has 14 heavy (non-hydrogen) atoms. The molecule has 0 N–H and O–H groups in total. The largest absolute Gasteiger partial charge is 0.417 e. The van der Waals surface area contributed by atoms with E-state index >= 15 is 0 Å². The van der Waals surface area contributed by atoms with Crippen molar-refractivity contribution in [1.29, 1.82) is 0 Å². The molecule has 0 aromatic rings. The van der Waals surface area contributed by atoms with Crippen molar-refractivity contribution in [2.45, 2.75) is 52.5 Å². The van der Waals surface area contributed by atoms with Gasteiger partial charge in [-0.1, -0.05) is 33.0 Å². The highest BCUT2D eigenvalue weighted by Crippen LogP contribution is 2.23. The van der Waals surface area contributed by atoms with Gasteiger partial charge in [0, 0.05) is 12.0 Å². The summed E-state index contributed by atoms with van der Waals surface area (Å²) in [7, 11) is -2.30. The molecular formula is C10H26OSSi2. The van der Waals surface area contributed by atoms with Crippen molar-refractivity contribution >= 4 is 26.8 Å². The molecule has 0 aromatic carbocycles. The molecule has 0 bridgehead atoms. The third-order valence-corrected chi connectivity index (χ3v) is 11.0. The summed E-state index contributed by atoms with van der Waals surface area (Å²) in [5, 5.41) is 1.27. The van der Waals surface area contributed by atoms with Crippen molar-refractivity contribution in [3.8, 4) is 0 Å². The molecule has 0 atom stereocenters. The van der Waals surface area contributed by atoms with Crippen LogP contribution in [-0.2, 0) is 4.43 Å². The van der Waals surface area contributed by atoms with Gasteiger partial charge in [0.05, 0.1) is 0 Å². The molecule has 0 aromatic heterocycles. The van der Waals surface area contributed by atoms with E-state index in [1.807, 2.05) is 0 Å². The zero-order valence-electron chi connectivity index (χ0n) is 10.6. The van der Waals surface area contributed by atoms with Crippen molar-refractivity contribution in [2.24, 2.45) is 0 Å². The second-order valence-corrected chi connectivity index (χ2v) is 19.4. The molecule has 0 saturated carbocycles. The average Bonchev–Trinajstić information content (AvgIpc) is 2.00. The van der Waals surface area contributed by atoms with Crippen LogP contribution in [0.2, 0.25) is 32.7 Å². The first kappa shape index (κ1) is 14.7. The molecule has 1 nitrogen and oxygen atoms in total. The van der Waals surface area contributed by atoms with Gasteiger partial charge in [0.25, 0.3) is 0 Å². The van der Waals surface area contributed by atoms with Crippen LogP contribution in [0.1, 0.15) is 19.8 Å². The molecule has 86 valence electrons. The van der Waals surface area contributed by atoms with Gasteiger partial charge in [-0.15, -0.1) is 0 Å². The van der Waals surface area contributed by atoms with Crippen molar-refractivity contribution in [3.05, 3.63) is 0 Å². The van der Waals surface area contributed by atoms with Gasteiger partial charge in [-0.25, -0.2) is 0 Å². The normalized spacial score (nSPS) is 13.3. The summed E-state index contributed by atoms with van der Waals surface area (Å²) in [6, 6.07) is 0. The van der Waals surface area contributed by atoms with Gasteiger partial charge >= 0.3 is 0 Å². The van der Waals surface area contributed by atoms with E-state index in [4.69, 9.17) is 4.43 Å². The summed E-state index contributed by atoms with van der Waals surface area (Å²) < 4.78 is 6.01. The average molecular weight is 251 g/mol. The van der Waals surface area contributed by atoms with Crippen LogP contribution >= 0.6 is 11.2 Å². The Balaban J connectivity index is 3.72. The maximum Gasteiger partial charge on any atom is 0.195 e. The van der Waals surface area contributed by atoms with Gasteiger partial charge in [0.15, 0.2) is 8.32 Å². The minimum Gasteiger partial charge on any atom is -0.417 e. The Kier molecular flexibility index (Phi) is 6.69. The van der Waals surface area contributed by atoms with Crippen LogP contribution in [0.15, 0.2) is 0 Å². The summed E-state index contributed by atoms with van der Waals surface area (Å²) >= 11 is 2.17. The molecule has 0 aliphatic rings. The predicted octanol–water partition coefficient (Wildman–Crippen LogP) is 4.12. The van der Waals surface area contributed by atoms with E-state index < -0.39 is 15.5 Å². The molecule has 0 spiro atoms.